The van der Waals surface area contributed by atoms with Gasteiger partial charge in [0, 0.05) is 12.7 Å². The van der Waals surface area contributed by atoms with Gasteiger partial charge in [-0.2, -0.15) is 20.5 Å². The summed E-state index contributed by atoms with van der Waals surface area (Å²) in [4.78, 5) is 0. The van der Waals surface area contributed by atoms with Gasteiger partial charge in [-0.25, -0.2) is 0 Å². The van der Waals surface area contributed by atoms with Gasteiger partial charge in [-0.05, 0) is 48.5 Å². The molecule has 0 unspecified atom stereocenters. The van der Waals surface area contributed by atoms with Crippen molar-refractivity contribution in [2.75, 3.05) is 12.8 Å². The Morgan fingerprint density at radius 2 is 1.06 bits per heavy atom. The van der Waals surface area contributed by atoms with E-state index < -0.39 is 0 Å². The Balaban J connectivity index is 2.11. The second kappa shape index (κ2) is 5.67. The van der Waals surface area contributed by atoms with E-state index in [0.29, 0.717) is 5.69 Å². The van der Waals surface area contributed by atoms with Gasteiger partial charge < -0.3 is 5.73 Å². The number of hydrogen-bond donors (Lipinski definition) is 1. The van der Waals surface area contributed by atoms with E-state index in [1.165, 1.54) is 0 Å². The van der Waals surface area contributed by atoms with Crippen LogP contribution >= 0.6 is 0 Å². The van der Waals surface area contributed by atoms with E-state index in [4.69, 9.17) is 5.73 Å². The normalized spacial score (nSPS) is 11.4. The van der Waals surface area contributed by atoms with Gasteiger partial charge in [0.25, 0.3) is 0 Å². The van der Waals surface area contributed by atoms with Gasteiger partial charge in [0.15, 0.2) is 0 Å². The molecule has 0 radical (unpaired) electrons. The molecule has 2 N–H and O–H groups in total. The third-order valence-electron chi connectivity index (χ3n) is 2.24. The standard InChI is InChI=1S/C13H13N5/c1-15-16-11-6-8-13(9-7-11)18-17-12-4-2-10(14)3-5-12/h2-9H,14H2,1H3. The van der Waals surface area contributed by atoms with Gasteiger partial charge in [0.2, 0.25) is 0 Å². The number of benzene rings is 2. The lowest BCUT2D eigenvalue weighted by Gasteiger charge is -1.95. The molecule has 0 bridgehead atoms. The fourth-order valence-corrected chi connectivity index (χ4v) is 1.36. The molecule has 0 spiro atoms. The molecule has 0 aromatic heterocycles. The van der Waals surface area contributed by atoms with Crippen molar-refractivity contribution in [1.82, 2.24) is 0 Å². The minimum absolute atomic E-state index is 0.711. The maximum Gasteiger partial charge on any atom is 0.0858 e. The number of hydrogen-bond acceptors (Lipinski definition) is 5. The van der Waals surface area contributed by atoms with E-state index in [1.807, 2.05) is 36.4 Å². The van der Waals surface area contributed by atoms with Crippen LogP contribution in [0.5, 0.6) is 0 Å². The molecule has 2 aromatic carbocycles. The Morgan fingerprint density at radius 1 is 0.667 bits per heavy atom. The van der Waals surface area contributed by atoms with Gasteiger partial charge in [-0.1, -0.05) is 0 Å². The highest BCUT2D eigenvalue weighted by atomic mass is 15.1. The Hall–Kier alpha value is -2.56. The summed E-state index contributed by atoms with van der Waals surface area (Å²) in [5.74, 6) is 0. The smallest absolute Gasteiger partial charge is 0.0858 e. The first kappa shape index (κ1) is 11.9. The summed E-state index contributed by atoms with van der Waals surface area (Å²) >= 11 is 0. The molecule has 18 heavy (non-hydrogen) atoms. The van der Waals surface area contributed by atoms with E-state index in [2.05, 4.69) is 20.5 Å². The molecule has 2 aromatic rings. The molecule has 0 aliphatic carbocycles. The fraction of sp³-hybridized carbons (Fsp3) is 0.0769. The summed E-state index contributed by atoms with van der Waals surface area (Å²) in [6.45, 7) is 0. The van der Waals surface area contributed by atoms with E-state index >= 15 is 0 Å². The monoisotopic (exact) mass is 239 g/mol. The summed E-state index contributed by atoms with van der Waals surface area (Å²) < 4.78 is 0. The quantitative estimate of drug-likeness (QED) is 0.625. The van der Waals surface area contributed by atoms with Crippen LogP contribution in [0.3, 0.4) is 0 Å². The zero-order chi connectivity index (χ0) is 12.8. The van der Waals surface area contributed by atoms with Gasteiger partial charge in [-0.3, -0.25) is 0 Å². The highest BCUT2D eigenvalue weighted by Crippen LogP contribution is 2.22. The average molecular weight is 239 g/mol. The van der Waals surface area contributed by atoms with Crippen molar-refractivity contribution < 1.29 is 0 Å². The fourth-order valence-electron chi connectivity index (χ4n) is 1.36. The van der Waals surface area contributed by atoms with Crippen LogP contribution in [0.1, 0.15) is 0 Å². The molecule has 0 aliphatic heterocycles. The molecule has 0 saturated heterocycles. The van der Waals surface area contributed by atoms with E-state index in [9.17, 15) is 0 Å². The van der Waals surface area contributed by atoms with Gasteiger partial charge in [0.1, 0.15) is 0 Å². The highest BCUT2D eigenvalue weighted by Gasteiger charge is 1.92. The van der Waals surface area contributed by atoms with E-state index in [-0.39, 0.29) is 0 Å². The van der Waals surface area contributed by atoms with Crippen molar-refractivity contribution in [2.45, 2.75) is 0 Å². The van der Waals surface area contributed by atoms with Gasteiger partial charge in [0.05, 0.1) is 17.1 Å². The van der Waals surface area contributed by atoms with Crippen molar-refractivity contribution in [3.05, 3.63) is 48.5 Å². The topological polar surface area (TPSA) is 75.5 Å². The third-order valence-corrected chi connectivity index (χ3v) is 2.24. The minimum atomic E-state index is 0.711. The molecule has 0 atom stereocenters. The summed E-state index contributed by atoms with van der Waals surface area (Å²) in [6, 6.07) is 14.6. The van der Waals surface area contributed by atoms with Crippen LogP contribution in [0, 0.1) is 0 Å². The maximum absolute atomic E-state index is 5.59. The second-order valence-corrected chi connectivity index (χ2v) is 3.61. The lowest BCUT2D eigenvalue weighted by molar-refractivity contribution is 1.16. The number of rotatable bonds is 3. The van der Waals surface area contributed by atoms with E-state index in [0.717, 1.165) is 17.1 Å². The van der Waals surface area contributed by atoms with Crippen LogP contribution in [0.15, 0.2) is 69.0 Å². The minimum Gasteiger partial charge on any atom is -0.399 e. The molecule has 0 fully saturated rings. The van der Waals surface area contributed by atoms with Crippen molar-refractivity contribution in [1.29, 1.82) is 0 Å². The lowest BCUT2D eigenvalue weighted by atomic mass is 10.3. The summed E-state index contributed by atoms with van der Waals surface area (Å²) in [5.41, 5.74) is 8.63. The summed E-state index contributed by atoms with van der Waals surface area (Å²) in [6.07, 6.45) is 0. The number of nitrogens with zero attached hydrogens (tertiary/aromatic N) is 4. The average Bonchev–Trinajstić information content (AvgIpc) is 2.40. The van der Waals surface area contributed by atoms with Crippen molar-refractivity contribution in [3.8, 4) is 0 Å². The summed E-state index contributed by atoms with van der Waals surface area (Å²) in [7, 11) is 1.63. The molecule has 5 nitrogen and oxygen atoms in total. The molecule has 0 amide bonds. The Bertz CT molecular complexity index is 555. The molecule has 0 heterocycles. The summed E-state index contributed by atoms with van der Waals surface area (Å²) in [5, 5.41) is 15.8. The lowest BCUT2D eigenvalue weighted by Crippen LogP contribution is -1.80. The van der Waals surface area contributed by atoms with Gasteiger partial charge >= 0.3 is 0 Å². The first-order valence-corrected chi connectivity index (χ1v) is 5.45. The SMILES string of the molecule is CN=Nc1ccc(N=Nc2ccc(N)cc2)cc1. The Kier molecular flexibility index (Phi) is 3.76. The predicted molar refractivity (Wildman–Crippen MR) is 71.9 cm³/mol. The van der Waals surface area contributed by atoms with Crippen LogP contribution in [0.25, 0.3) is 0 Å². The number of nitrogen functional groups attached to an aromatic ring is 1. The predicted octanol–water partition coefficient (Wildman–Crippen LogP) is 4.40. The molecular formula is C13H13N5. The van der Waals surface area contributed by atoms with Crippen molar-refractivity contribution >= 4 is 22.7 Å². The van der Waals surface area contributed by atoms with Crippen molar-refractivity contribution in [3.63, 3.8) is 0 Å². The molecular weight excluding hydrogens is 226 g/mol. The van der Waals surface area contributed by atoms with Crippen LogP contribution in [-0.4, -0.2) is 7.05 Å². The molecule has 90 valence electrons. The number of anilines is 1. The Labute approximate surface area is 105 Å². The zero-order valence-electron chi connectivity index (χ0n) is 9.99. The second-order valence-electron chi connectivity index (χ2n) is 3.61. The van der Waals surface area contributed by atoms with Crippen LogP contribution < -0.4 is 5.73 Å². The molecule has 0 aliphatic rings. The van der Waals surface area contributed by atoms with Crippen LogP contribution in [0.4, 0.5) is 22.7 Å². The zero-order valence-corrected chi connectivity index (χ0v) is 9.99. The largest absolute Gasteiger partial charge is 0.399 e. The first-order chi connectivity index (χ1) is 8.78. The maximum atomic E-state index is 5.59. The van der Waals surface area contributed by atoms with Gasteiger partial charge in [-0.15, -0.1) is 0 Å². The third kappa shape index (κ3) is 3.21. The number of azo groups is 2. The van der Waals surface area contributed by atoms with Crippen molar-refractivity contribution in [2.24, 2.45) is 20.5 Å². The molecule has 0 saturated carbocycles. The van der Waals surface area contributed by atoms with Crippen LogP contribution in [0.2, 0.25) is 0 Å². The molecule has 5 heteroatoms. The van der Waals surface area contributed by atoms with Crippen LogP contribution in [-0.2, 0) is 0 Å². The Morgan fingerprint density at radius 3 is 1.50 bits per heavy atom. The first-order valence-electron chi connectivity index (χ1n) is 5.45. The van der Waals surface area contributed by atoms with E-state index in [1.54, 1.807) is 19.2 Å². The molecule has 2 rings (SSSR count). The highest BCUT2D eigenvalue weighted by molar-refractivity contribution is 5.49. The number of nitrogens with two attached hydrogens (primary N) is 1.